The Balaban J connectivity index is 2.08. The average molecular weight is 293 g/mol. The molecule has 0 amide bonds. The molecule has 3 aromatic rings. The second kappa shape index (κ2) is 5.02. The number of aliphatic carboxylic acids is 1. The van der Waals surface area contributed by atoms with E-state index in [-0.39, 0.29) is 0 Å². The van der Waals surface area contributed by atoms with E-state index in [1.807, 2.05) is 43.4 Å². The van der Waals surface area contributed by atoms with Crippen LogP contribution in [-0.2, 0) is 17.3 Å². The topological polar surface area (TPSA) is 42.2 Å². The minimum absolute atomic E-state index is 0.809. The molecule has 0 saturated heterocycles. The van der Waals surface area contributed by atoms with Crippen LogP contribution in [0.3, 0.4) is 0 Å². The van der Waals surface area contributed by atoms with Gasteiger partial charge in [-0.15, -0.1) is 0 Å². The van der Waals surface area contributed by atoms with Gasteiger partial charge in [-0.05, 0) is 31.0 Å². The Kier molecular flexibility index (Phi) is 3.28. The Hall–Kier alpha value is -2.55. The van der Waals surface area contributed by atoms with Crippen molar-refractivity contribution in [2.24, 2.45) is 7.05 Å². The molecule has 0 aliphatic heterocycles. The number of carboxylic acid groups (broad SMARTS) is 1. The number of rotatable bonds is 3. The predicted octanol–water partition coefficient (Wildman–Crippen LogP) is 4.21. The van der Waals surface area contributed by atoms with E-state index in [1.165, 1.54) is 10.9 Å². The lowest BCUT2D eigenvalue weighted by molar-refractivity contribution is -0.142. The minimum atomic E-state index is -0.878. The lowest BCUT2D eigenvalue weighted by Gasteiger charge is -2.19. The van der Waals surface area contributed by atoms with Gasteiger partial charge in [0.25, 0.3) is 0 Å². The lowest BCUT2D eigenvalue weighted by Crippen LogP contribution is -2.28. The fourth-order valence-electron chi connectivity index (χ4n) is 2.76. The summed E-state index contributed by atoms with van der Waals surface area (Å²) in [5.41, 5.74) is 3.38. The molecule has 1 N–H and O–H groups in total. The molecule has 1 aromatic heterocycles. The van der Waals surface area contributed by atoms with E-state index in [1.54, 1.807) is 13.8 Å². The van der Waals surface area contributed by atoms with Crippen LogP contribution in [0.4, 0.5) is 0 Å². The van der Waals surface area contributed by atoms with Gasteiger partial charge in [0.2, 0.25) is 0 Å². The normalized spacial score (nSPS) is 11.8. The van der Waals surface area contributed by atoms with Crippen molar-refractivity contribution in [2.45, 2.75) is 19.3 Å². The van der Waals surface area contributed by atoms with E-state index in [9.17, 15) is 9.90 Å². The molecular weight excluding hydrogens is 274 g/mol. The molecule has 0 radical (unpaired) electrons. The number of hydrogen-bond donors (Lipinski definition) is 1. The van der Waals surface area contributed by atoms with Crippen LogP contribution in [0.1, 0.15) is 19.4 Å². The van der Waals surface area contributed by atoms with Crippen LogP contribution in [0.25, 0.3) is 22.0 Å². The standard InChI is InChI=1S/C19H19NO2/c1-19(2,18(21)22)14-10-8-13(9-11-14)16-12-20(3)17-7-5-4-6-15(16)17/h4-12H,1-3H3,(H,21,22). The van der Waals surface area contributed by atoms with Crippen LogP contribution in [0.15, 0.2) is 54.7 Å². The maximum absolute atomic E-state index is 11.4. The summed E-state index contributed by atoms with van der Waals surface area (Å²) in [6.07, 6.45) is 2.11. The van der Waals surface area contributed by atoms with E-state index < -0.39 is 11.4 Å². The van der Waals surface area contributed by atoms with Gasteiger partial charge < -0.3 is 9.67 Å². The van der Waals surface area contributed by atoms with Gasteiger partial charge in [0, 0.05) is 29.7 Å². The number of carbonyl (C=O) groups is 1. The van der Waals surface area contributed by atoms with Gasteiger partial charge in [0.15, 0.2) is 0 Å². The number of para-hydroxylation sites is 1. The average Bonchev–Trinajstić information content (AvgIpc) is 2.85. The third kappa shape index (κ3) is 2.19. The summed E-state index contributed by atoms with van der Waals surface area (Å²) in [4.78, 5) is 11.4. The Bertz CT molecular complexity index is 842. The van der Waals surface area contributed by atoms with Crippen molar-refractivity contribution >= 4 is 16.9 Å². The predicted molar refractivity (Wildman–Crippen MR) is 89.0 cm³/mol. The maximum Gasteiger partial charge on any atom is 0.313 e. The first-order valence-electron chi connectivity index (χ1n) is 7.29. The van der Waals surface area contributed by atoms with Gasteiger partial charge in [0.1, 0.15) is 0 Å². The number of benzene rings is 2. The molecule has 1 heterocycles. The van der Waals surface area contributed by atoms with Crippen LogP contribution in [0, 0.1) is 0 Å². The summed E-state index contributed by atoms with van der Waals surface area (Å²) in [7, 11) is 2.04. The molecule has 3 rings (SSSR count). The smallest absolute Gasteiger partial charge is 0.313 e. The van der Waals surface area contributed by atoms with Crippen LogP contribution in [0.2, 0.25) is 0 Å². The summed E-state index contributed by atoms with van der Waals surface area (Å²) in [6.45, 7) is 3.45. The number of nitrogens with zero attached hydrogens (tertiary/aromatic N) is 1. The Morgan fingerprint density at radius 1 is 1.05 bits per heavy atom. The summed E-state index contributed by atoms with van der Waals surface area (Å²) in [5, 5.41) is 10.5. The van der Waals surface area contributed by atoms with Gasteiger partial charge in [0.05, 0.1) is 5.41 Å². The number of aryl methyl sites for hydroxylation is 1. The minimum Gasteiger partial charge on any atom is -0.481 e. The van der Waals surface area contributed by atoms with Crippen molar-refractivity contribution in [3.05, 3.63) is 60.3 Å². The second-order valence-electron chi connectivity index (χ2n) is 6.18. The highest BCUT2D eigenvalue weighted by molar-refractivity contribution is 5.96. The van der Waals surface area contributed by atoms with Crippen LogP contribution in [-0.4, -0.2) is 15.6 Å². The van der Waals surface area contributed by atoms with Crippen molar-refractivity contribution < 1.29 is 9.90 Å². The fourth-order valence-corrected chi connectivity index (χ4v) is 2.76. The molecule has 3 heteroatoms. The first kappa shape index (κ1) is 14.4. The fraction of sp³-hybridized carbons (Fsp3) is 0.211. The molecule has 0 fully saturated rings. The highest BCUT2D eigenvalue weighted by Crippen LogP contribution is 2.32. The van der Waals surface area contributed by atoms with Crippen molar-refractivity contribution in [2.75, 3.05) is 0 Å². The zero-order valence-electron chi connectivity index (χ0n) is 13.0. The van der Waals surface area contributed by atoms with Crippen LogP contribution < -0.4 is 0 Å². The number of carboxylic acids is 1. The van der Waals surface area contributed by atoms with E-state index in [0.717, 1.165) is 16.7 Å². The number of fused-ring (bicyclic) bond motifs is 1. The molecule has 112 valence electrons. The van der Waals surface area contributed by atoms with Gasteiger partial charge in [-0.1, -0.05) is 42.5 Å². The monoisotopic (exact) mass is 293 g/mol. The maximum atomic E-state index is 11.4. The highest BCUT2D eigenvalue weighted by Gasteiger charge is 2.29. The molecule has 0 atom stereocenters. The van der Waals surface area contributed by atoms with Gasteiger partial charge >= 0.3 is 5.97 Å². The Labute approximate surface area is 129 Å². The third-order valence-corrected chi connectivity index (χ3v) is 4.35. The molecule has 0 unspecified atom stereocenters. The van der Waals surface area contributed by atoms with Crippen molar-refractivity contribution in [3.8, 4) is 11.1 Å². The number of hydrogen-bond acceptors (Lipinski definition) is 1. The van der Waals surface area contributed by atoms with E-state index in [2.05, 4.69) is 22.9 Å². The summed E-state index contributed by atoms with van der Waals surface area (Å²) >= 11 is 0. The first-order valence-corrected chi connectivity index (χ1v) is 7.29. The largest absolute Gasteiger partial charge is 0.481 e. The Morgan fingerprint density at radius 3 is 2.32 bits per heavy atom. The molecule has 0 bridgehead atoms. The van der Waals surface area contributed by atoms with Gasteiger partial charge in [-0.25, -0.2) is 0 Å². The molecule has 2 aromatic carbocycles. The zero-order chi connectivity index (χ0) is 15.9. The molecular formula is C19H19NO2. The van der Waals surface area contributed by atoms with Crippen molar-refractivity contribution in [3.63, 3.8) is 0 Å². The number of aromatic nitrogens is 1. The van der Waals surface area contributed by atoms with E-state index in [4.69, 9.17) is 0 Å². The zero-order valence-corrected chi connectivity index (χ0v) is 13.0. The molecule has 3 nitrogen and oxygen atoms in total. The SMILES string of the molecule is Cn1cc(-c2ccc(C(C)(C)C(=O)O)cc2)c2ccccc21. The highest BCUT2D eigenvalue weighted by atomic mass is 16.4. The molecule has 0 spiro atoms. The van der Waals surface area contributed by atoms with Gasteiger partial charge in [-0.2, -0.15) is 0 Å². The summed E-state index contributed by atoms with van der Waals surface area (Å²) < 4.78 is 2.11. The molecule has 0 aliphatic rings. The lowest BCUT2D eigenvalue weighted by atomic mass is 9.84. The van der Waals surface area contributed by atoms with Crippen LogP contribution >= 0.6 is 0 Å². The van der Waals surface area contributed by atoms with Crippen LogP contribution in [0.5, 0.6) is 0 Å². The molecule has 0 aliphatic carbocycles. The van der Waals surface area contributed by atoms with E-state index in [0.29, 0.717) is 0 Å². The van der Waals surface area contributed by atoms with E-state index >= 15 is 0 Å². The van der Waals surface area contributed by atoms with Crippen molar-refractivity contribution in [1.29, 1.82) is 0 Å². The first-order chi connectivity index (χ1) is 10.4. The third-order valence-electron chi connectivity index (χ3n) is 4.35. The quantitative estimate of drug-likeness (QED) is 0.786. The summed E-state index contributed by atoms with van der Waals surface area (Å²) in [6, 6.07) is 16.1. The molecule has 0 saturated carbocycles. The second-order valence-corrected chi connectivity index (χ2v) is 6.18. The van der Waals surface area contributed by atoms with Crippen molar-refractivity contribution in [1.82, 2.24) is 4.57 Å². The van der Waals surface area contributed by atoms with Gasteiger partial charge in [-0.3, -0.25) is 4.79 Å². The Morgan fingerprint density at radius 2 is 1.68 bits per heavy atom. The summed E-state index contributed by atoms with van der Waals surface area (Å²) in [5.74, 6) is -0.814. The molecule has 22 heavy (non-hydrogen) atoms.